The first kappa shape index (κ1) is 23.9. The van der Waals surface area contributed by atoms with Gasteiger partial charge in [-0.3, -0.25) is 9.59 Å². The topological polar surface area (TPSA) is 182 Å². The number of anilines is 2. The number of carbonyl (C=O) groups excluding carboxylic acids is 1. The van der Waals surface area contributed by atoms with Crippen molar-refractivity contribution in [1.82, 2.24) is 15.3 Å². The fraction of sp³-hybridized carbons (Fsp3) is 0.350. The number of nitrogens with zero attached hydrogens (tertiary/aromatic N) is 2. The Morgan fingerprint density at radius 3 is 2.39 bits per heavy atom. The van der Waals surface area contributed by atoms with Crippen molar-refractivity contribution >= 4 is 41.2 Å². The van der Waals surface area contributed by atoms with Gasteiger partial charge in [-0.05, 0) is 43.7 Å². The summed E-state index contributed by atoms with van der Waals surface area (Å²) in [4.78, 5) is 42.5. The Morgan fingerprint density at radius 2 is 1.74 bits per heavy atom. The molecular formula is C20H24ClN5O5. The molecule has 31 heavy (non-hydrogen) atoms. The van der Waals surface area contributed by atoms with Crippen LogP contribution in [0.15, 0.2) is 24.3 Å². The second kappa shape index (κ2) is 11.1. The first-order valence-corrected chi connectivity index (χ1v) is 9.97. The van der Waals surface area contributed by atoms with E-state index < -0.39 is 23.9 Å². The summed E-state index contributed by atoms with van der Waals surface area (Å²) in [6.45, 7) is 0. The van der Waals surface area contributed by atoms with Gasteiger partial charge in [0.2, 0.25) is 5.95 Å². The fourth-order valence-electron chi connectivity index (χ4n) is 3.06. The number of aliphatic carboxylic acids is 2. The molecule has 0 aliphatic carbocycles. The summed E-state index contributed by atoms with van der Waals surface area (Å²) in [5.74, 6) is -2.74. The monoisotopic (exact) mass is 449 g/mol. The average Bonchev–Trinajstić information content (AvgIpc) is 2.69. The molecule has 0 spiro atoms. The van der Waals surface area contributed by atoms with Gasteiger partial charge in [-0.2, -0.15) is 4.98 Å². The number of unbranched alkanes of at least 4 members (excludes halogenated alkanes) is 1. The van der Waals surface area contributed by atoms with Gasteiger partial charge in [0, 0.05) is 17.5 Å². The lowest BCUT2D eigenvalue weighted by molar-refractivity contribution is -0.140. The highest BCUT2D eigenvalue weighted by Gasteiger charge is 2.22. The average molecular weight is 450 g/mol. The van der Waals surface area contributed by atoms with Crippen molar-refractivity contribution in [3.05, 3.63) is 46.1 Å². The zero-order valence-corrected chi connectivity index (χ0v) is 17.4. The first-order valence-electron chi connectivity index (χ1n) is 9.59. The van der Waals surface area contributed by atoms with Crippen molar-refractivity contribution in [2.75, 3.05) is 11.5 Å². The molecule has 7 N–H and O–H groups in total. The number of hydrogen-bond donors (Lipinski definition) is 5. The van der Waals surface area contributed by atoms with Crippen LogP contribution in [0.5, 0.6) is 0 Å². The van der Waals surface area contributed by atoms with Crippen LogP contribution in [0.1, 0.15) is 47.2 Å². The number of amides is 1. The normalized spacial score (nSPS) is 11.6. The van der Waals surface area contributed by atoms with E-state index in [0.29, 0.717) is 36.8 Å². The van der Waals surface area contributed by atoms with Crippen molar-refractivity contribution in [2.45, 2.75) is 44.6 Å². The molecule has 2 aromatic rings. The van der Waals surface area contributed by atoms with E-state index >= 15 is 0 Å². The van der Waals surface area contributed by atoms with Crippen LogP contribution in [-0.2, 0) is 22.4 Å². The van der Waals surface area contributed by atoms with Gasteiger partial charge in [0.1, 0.15) is 17.0 Å². The fourth-order valence-corrected chi connectivity index (χ4v) is 3.34. The van der Waals surface area contributed by atoms with Crippen LogP contribution >= 0.6 is 11.6 Å². The molecule has 1 aromatic heterocycles. The molecule has 0 fully saturated rings. The minimum atomic E-state index is -1.28. The minimum absolute atomic E-state index is 0.00853. The second-order valence-corrected chi connectivity index (χ2v) is 7.26. The smallest absolute Gasteiger partial charge is 0.326 e. The summed E-state index contributed by atoms with van der Waals surface area (Å²) >= 11 is 6.07. The number of aromatic nitrogens is 2. The molecule has 0 radical (unpaired) electrons. The van der Waals surface area contributed by atoms with Crippen LogP contribution in [0.2, 0.25) is 5.15 Å². The molecule has 0 unspecified atom stereocenters. The number of aryl methyl sites for hydroxylation is 1. The number of halogens is 1. The quantitative estimate of drug-likeness (QED) is 0.252. The van der Waals surface area contributed by atoms with Gasteiger partial charge in [-0.25, -0.2) is 9.78 Å². The zero-order valence-electron chi connectivity index (χ0n) is 16.7. The number of nitrogen functional groups attached to an aromatic ring is 2. The SMILES string of the molecule is Nc1nc(N)c(CCCCc2ccccc2C(=O)N[C@@H](CCC(=O)O)C(=O)O)c(Cl)n1. The first-order chi connectivity index (χ1) is 14.7. The Labute approximate surface area is 183 Å². The third-order valence-corrected chi connectivity index (χ3v) is 4.95. The largest absolute Gasteiger partial charge is 0.481 e. The summed E-state index contributed by atoms with van der Waals surface area (Å²) < 4.78 is 0. The maximum absolute atomic E-state index is 12.6. The Kier molecular flexibility index (Phi) is 8.56. The summed E-state index contributed by atoms with van der Waals surface area (Å²) in [6.07, 6.45) is 1.93. The standard InChI is InChI=1S/C20H24ClN5O5/c21-16-13(17(22)26-20(23)25-16)8-4-2-6-11-5-1-3-7-12(11)18(29)24-14(19(30)31)9-10-15(27)28/h1,3,5,7,14H,2,4,6,8-10H2,(H,24,29)(H,27,28)(H,30,31)(H4,22,23,25,26)/t14-/m0/s1. The molecule has 11 heteroatoms. The van der Waals surface area contributed by atoms with E-state index in [0.717, 1.165) is 5.56 Å². The van der Waals surface area contributed by atoms with Gasteiger partial charge in [-0.1, -0.05) is 29.8 Å². The highest BCUT2D eigenvalue weighted by molar-refractivity contribution is 6.30. The molecule has 0 saturated heterocycles. The maximum atomic E-state index is 12.6. The summed E-state index contributed by atoms with van der Waals surface area (Å²) in [7, 11) is 0. The number of carboxylic acids is 2. The van der Waals surface area contributed by atoms with Crippen LogP contribution in [0.3, 0.4) is 0 Å². The van der Waals surface area contributed by atoms with Gasteiger partial charge < -0.3 is 27.0 Å². The van der Waals surface area contributed by atoms with E-state index in [1.807, 2.05) is 0 Å². The van der Waals surface area contributed by atoms with Crippen molar-refractivity contribution < 1.29 is 24.6 Å². The van der Waals surface area contributed by atoms with E-state index in [1.54, 1.807) is 24.3 Å². The van der Waals surface area contributed by atoms with Gasteiger partial charge in [-0.15, -0.1) is 0 Å². The highest BCUT2D eigenvalue weighted by atomic mass is 35.5. The van der Waals surface area contributed by atoms with Crippen LogP contribution < -0.4 is 16.8 Å². The third-order valence-electron chi connectivity index (χ3n) is 4.64. The van der Waals surface area contributed by atoms with Gasteiger partial charge >= 0.3 is 11.9 Å². The number of nitrogens with two attached hydrogens (primary N) is 2. The van der Waals surface area contributed by atoms with Crippen molar-refractivity contribution in [2.24, 2.45) is 0 Å². The second-order valence-electron chi connectivity index (χ2n) is 6.90. The Balaban J connectivity index is 1.99. The zero-order chi connectivity index (χ0) is 23.0. The lowest BCUT2D eigenvalue weighted by atomic mass is 9.99. The Bertz CT molecular complexity index is 946. The molecule has 166 valence electrons. The molecule has 0 bridgehead atoms. The third kappa shape index (κ3) is 7.10. The molecular weight excluding hydrogens is 426 g/mol. The van der Waals surface area contributed by atoms with Crippen LogP contribution in [0, 0.1) is 0 Å². The summed E-state index contributed by atoms with van der Waals surface area (Å²) in [5.41, 5.74) is 13.0. The molecule has 2 rings (SSSR count). The highest BCUT2D eigenvalue weighted by Crippen LogP contribution is 2.22. The minimum Gasteiger partial charge on any atom is -0.481 e. The summed E-state index contributed by atoms with van der Waals surface area (Å²) in [5, 5.41) is 20.6. The number of carbonyl (C=O) groups is 3. The van der Waals surface area contributed by atoms with Crippen molar-refractivity contribution in [3.8, 4) is 0 Å². The molecule has 1 aromatic carbocycles. The molecule has 1 amide bonds. The number of rotatable bonds is 11. The van der Waals surface area contributed by atoms with Crippen LogP contribution in [-0.4, -0.2) is 44.1 Å². The number of carboxylic acid groups (broad SMARTS) is 2. The molecule has 10 nitrogen and oxygen atoms in total. The number of hydrogen-bond acceptors (Lipinski definition) is 7. The number of benzene rings is 1. The molecule has 0 saturated carbocycles. The maximum Gasteiger partial charge on any atom is 0.326 e. The van der Waals surface area contributed by atoms with Crippen molar-refractivity contribution in [3.63, 3.8) is 0 Å². The van der Waals surface area contributed by atoms with Crippen LogP contribution in [0.25, 0.3) is 0 Å². The lowest BCUT2D eigenvalue weighted by Crippen LogP contribution is -2.41. The number of nitrogens with one attached hydrogen (secondary N) is 1. The predicted octanol–water partition coefficient (Wildman–Crippen LogP) is 1.91. The molecule has 1 heterocycles. The van der Waals surface area contributed by atoms with Gasteiger partial charge in [0.15, 0.2) is 0 Å². The predicted molar refractivity (Wildman–Crippen MR) is 115 cm³/mol. The Hall–Kier alpha value is -3.40. The van der Waals surface area contributed by atoms with E-state index in [4.69, 9.17) is 28.2 Å². The van der Waals surface area contributed by atoms with E-state index in [1.165, 1.54) is 0 Å². The lowest BCUT2D eigenvalue weighted by Gasteiger charge is -2.15. The molecule has 1 atom stereocenters. The Morgan fingerprint density at radius 1 is 1.06 bits per heavy atom. The molecule has 0 aliphatic rings. The summed E-state index contributed by atoms with van der Waals surface area (Å²) in [6, 6.07) is 5.57. The van der Waals surface area contributed by atoms with Gasteiger partial charge in [0.05, 0.1) is 0 Å². The molecule has 0 aliphatic heterocycles. The van der Waals surface area contributed by atoms with E-state index in [2.05, 4.69) is 15.3 Å². The van der Waals surface area contributed by atoms with E-state index in [9.17, 15) is 19.5 Å². The van der Waals surface area contributed by atoms with E-state index in [-0.39, 0.29) is 29.8 Å². The van der Waals surface area contributed by atoms with Crippen LogP contribution in [0.4, 0.5) is 11.8 Å². The van der Waals surface area contributed by atoms with Gasteiger partial charge in [0.25, 0.3) is 5.91 Å². The van der Waals surface area contributed by atoms with Crippen molar-refractivity contribution in [1.29, 1.82) is 0 Å².